The van der Waals surface area contributed by atoms with Crippen LogP contribution in [0.1, 0.15) is 26.7 Å². The van der Waals surface area contributed by atoms with Crippen molar-refractivity contribution in [1.82, 2.24) is 5.32 Å². The molecule has 1 nitrogen and oxygen atoms in total. The molecule has 1 aliphatic carbocycles. The second kappa shape index (κ2) is 7.86. The summed E-state index contributed by atoms with van der Waals surface area (Å²) in [5, 5.41) is 3.54. The standard InChI is InChI=1S/C16H23N/c1-4-9-15(10-5-2)13-17-14(3)16-11-7-6-8-12-16/h4-5,7,9-12,14,17H,1,6,8,13H2,2-3H3/b10-5-,15-9+. The first-order chi connectivity index (χ1) is 8.27. The van der Waals surface area contributed by atoms with Crippen molar-refractivity contribution < 1.29 is 0 Å². The summed E-state index contributed by atoms with van der Waals surface area (Å²) in [6, 6.07) is 0.407. The Morgan fingerprint density at radius 3 is 2.94 bits per heavy atom. The molecule has 0 aromatic heterocycles. The Bertz CT molecular complexity index is 356. The molecular formula is C16H23N. The van der Waals surface area contributed by atoms with Crippen LogP contribution in [-0.4, -0.2) is 12.6 Å². The largest absolute Gasteiger partial charge is 0.306 e. The summed E-state index contributed by atoms with van der Waals surface area (Å²) >= 11 is 0. The van der Waals surface area contributed by atoms with Crippen LogP contribution in [0.4, 0.5) is 0 Å². The summed E-state index contributed by atoms with van der Waals surface area (Å²) in [4.78, 5) is 0. The maximum atomic E-state index is 3.74. The van der Waals surface area contributed by atoms with E-state index in [0.29, 0.717) is 6.04 Å². The predicted octanol–water partition coefficient (Wildman–Crippen LogP) is 3.93. The molecule has 92 valence electrons. The van der Waals surface area contributed by atoms with Gasteiger partial charge in [0.15, 0.2) is 0 Å². The van der Waals surface area contributed by atoms with Crippen molar-refractivity contribution in [2.45, 2.75) is 32.7 Å². The molecule has 1 aliphatic rings. The van der Waals surface area contributed by atoms with E-state index in [1.165, 1.54) is 24.0 Å². The third kappa shape index (κ3) is 5.01. The van der Waals surface area contributed by atoms with Gasteiger partial charge in [-0.05, 0) is 37.8 Å². The highest BCUT2D eigenvalue weighted by molar-refractivity contribution is 5.29. The summed E-state index contributed by atoms with van der Waals surface area (Å²) in [7, 11) is 0. The van der Waals surface area contributed by atoms with Gasteiger partial charge in [-0.2, -0.15) is 0 Å². The summed E-state index contributed by atoms with van der Waals surface area (Å²) in [5.41, 5.74) is 2.66. The molecule has 17 heavy (non-hydrogen) atoms. The zero-order chi connectivity index (χ0) is 12.5. The molecule has 0 fully saturated rings. The Labute approximate surface area is 105 Å². The van der Waals surface area contributed by atoms with E-state index in [1.807, 2.05) is 19.1 Å². The van der Waals surface area contributed by atoms with Crippen LogP contribution in [0.25, 0.3) is 0 Å². The topological polar surface area (TPSA) is 12.0 Å². The summed E-state index contributed by atoms with van der Waals surface area (Å²) in [6.07, 6.45) is 17.2. The first-order valence-electron chi connectivity index (χ1n) is 6.32. The fourth-order valence-electron chi connectivity index (χ4n) is 1.88. The summed E-state index contributed by atoms with van der Waals surface area (Å²) in [6.45, 7) is 8.86. The van der Waals surface area contributed by atoms with Gasteiger partial charge in [-0.25, -0.2) is 0 Å². The van der Waals surface area contributed by atoms with Gasteiger partial charge in [-0.15, -0.1) is 0 Å². The van der Waals surface area contributed by atoms with Crippen molar-refractivity contribution in [3.05, 3.63) is 60.3 Å². The molecular weight excluding hydrogens is 206 g/mol. The molecule has 1 heteroatoms. The highest BCUT2D eigenvalue weighted by Gasteiger charge is 2.07. The molecule has 0 aromatic carbocycles. The third-order valence-electron chi connectivity index (χ3n) is 2.85. The van der Waals surface area contributed by atoms with E-state index in [9.17, 15) is 0 Å². The van der Waals surface area contributed by atoms with Gasteiger partial charge in [0.1, 0.15) is 0 Å². The van der Waals surface area contributed by atoms with Crippen molar-refractivity contribution in [2.24, 2.45) is 0 Å². The monoisotopic (exact) mass is 229 g/mol. The Morgan fingerprint density at radius 2 is 2.35 bits per heavy atom. The highest BCUT2D eigenvalue weighted by atomic mass is 14.9. The number of hydrogen-bond acceptors (Lipinski definition) is 1. The van der Waals surface area contributed by atoms with Crippen molar-refractivity contribution >= 4 is 0 Å². The molecule has 1 N–H and O–H groups in total. The molecule has 0 aromatic rings. The molecule has 0 amide bonds. The lowest BCUT2D eigenvalue weighted by atomic mass is 10.0. The van der Waals surface area contributed by atoms with Crippen LogP contribution in [0, 0.1) is 0 Å². The number of allylic oxidation sites excluding steroid dienone is 5. The molecule has 0 bridgehead atoms. The van der Waals surface area contributed by atoms with Crippen molar-refractivity contribution in [1.29, 1.82) is 0 Å². The lowest BCUT2D eigenvalue weighted by molar-refractivity contribution is 0.652. The van der Waals surface area contributed by atoms with Gasteiger partial charge in [0.05, 0.1) is 0 Å². The first-order valence-corrected chi connectivity index (χ1v) is 6.32. The van der Waals surface area contributed by atoms with Gasteiger partial charge < -0.3 is 5.32 Å². The van der Waals surface area contributed by atoms with Crippen LogP contribution in [0.5, 0.6) is 0 Å². The van der Waals surface area contributed by atoms with Crippen LogP contribution < -0.4 is 5.32 Å². The van der Waals surface area contributed by atoms with E-state index in [2.05, 4.69) is 49.2 Å². The van der Waals surface area contributed by atoms with E-state index in [4.69, 9.17) is 0 Å². The van der Waals surface area contributed by atoms with Gasteiger partial charge in [0.2, 0.25) is 0 Å². The summed E-state index contributed by atoms with van der Waals surface area (Å²) in [5.74, 6) is 0. The van der Waals surface area contributed by atoms with Crippen LogP contribution >= 0.6 is 0 Å². The zero-order valence-corrected chi connectivity index (χ0v) is 10.9. The molecule has 0 saturated carbocycles. The molecule has 0 spiro atoms. The van der Waals surface area contributed by atoms with Crippen molar-refractivity contribution in [3.8, 4) is 0 Å². The van der Waals surface area contributed by atoms with Crippen LogP contribution in [-0.2, 0) is 0 Å². The minimum absolute atomic E-state index is 0.407. The molecule has 1 atom stereocenters. The fourth-order valence-corrected chi connectivity index (χ4v) is 1.88. The van der Waals surface area contributed by atoms with E-state index in [0.717, 1.165) is 6.54 Å². The number of rotatable bonds is 6. The second-order valence-electron chi connectivity index (χ2n) is 4.26. The quantitative estimate of drug-likeness (QED) is 0.680. The molecule has 0 aliphatic heterocycles. The van der Waals surface area contributed by atoms with Gasteiger partial charge in [-0.1, -0.05) is 49.1 Å². The van der Waals surface area contributed by atoms with E-state index in [-0.39, 0.29) is 0 Å². The van der Waals surface area contributed by atoms with Crippen LogP contribution in [0.3, 0.4) is 0 Å². The highest BCUT2D eigenvalue weighted by Crippen LogP contribution is 2.13. The average Bonchev–Trinajstić information content (AvgIpc) is 2.37. The molecule has 0 radical (unpaired) electrons. The molecule has 0 heterocycles. The Morgan fingerprint density at radius 1 is 1.53 bits per heavy atom. The van der Waals surface area contributed by atoms with Gasteiger partial charge >= 0.3 is 0 Å². The normalized spacial score (nSPS) is 18.2. The third-order valence-corrected chi connectivity index (χ3v) is 2.85. The van der Waals surface area contributed by atoms with Gasteiger partial charge in [0.25, 0.3) is 0 Å². The number of nitrogens with one attached hydrogen (secondary N) is 1. The lowest BCUT2D eigenvalue weighted by Crippen LogP contribution is -2.29. The molecule has 1 rings (SSSR count). The van der Waals surface area contributed by atoms with E-state index in [1.54, 1.807) is 0 Å². The SMILES string of the molecule is C=C/C=C(\C=C/C)CNC(C)C1=CCCC=C1. The Balaban J connectivity index is 2.48. The zero-order valence-electron chi connectivity index (χ0n) is 10.9. The van der Waals surface area contributed by atoms with E-state index < -0.39 is 0 Å². The maximum absolute atomic E-state index is 3.74. The smallest absolute Gasteiger partial charge is 0.0291 e. The second-order valence-corrected chi connectivity index (χ2v) is 4.26. The molecule has 0 saturated heterocycles. The van der Waals surface area contributed by atoms with Crippen molar-refractivity contribution in [2.75, 3.05) is 6.54 Å². The molecule has 1 unspecified atom stereocenters. The average molecular weight is 229 g/mol. The van der Waals surface area contributed by atoms with Crippen LogP contribution in [0.15, 0.2) is 60.3 Å². The van der Waals surface area contributed by atoms with Gasteiger partial charge in [-0.3, -0.25) is 0 Å². The minimum Gasteiger partial charge on any atom is -0.306 e. The summed E-state index contributed by atoms with van der Waals surface area (Å²) < 4.78 is 0. The minimum atomic E-state index is 0.407. The van der Waals surface area contributed by atoms with Crippen molar-refractivity contribution in [3.63, 3.8) is 0 Å². The Hall–Kier alpha value is -1.34. The lowest BCUT2D eigenvalue weighted by Gasteiger charge is -2.17. The Kier molecular flexibility index (Phi) is 6.34. The first kappa shape index (κ1) is 13.7. The fraction of sp³-hybridized carbons (Fsp3) is 0.375. The van der Waals surface area contributed by atoms with Gasteiger partial charge in [0, 0.05) is 12.6 Å². The van der Waals surface area contributed by atoms with E-state index >= 15 is 0 Å². The maximum Gasteiger partial charge on any atom is 0.0291 e. The number of hydrogen-bond donors (Lipinski definition) is 1. The van der Waals surface area contributed by atoms with Crippen LogP contribution in [0.2, 0.25) is 0 Å². The predicted molar refractivity (Wildman–Crippen MR) is 77.0 cm³/mol.